The standard InChI is InChI=1S/C19H22N6O3S2/c26-9-6-20-19-23-16-15(17(24-19)25-7-10-30(27,28)11-8-25)21-13-22-18(16)29-12-14-4-2-1-3-5-14/h1-5,13,26H,6-12H2,(H,20,23,24). The first kappa shape index (κ1) is 20.8. The molecule has 0 atom stereocenters. The first-order valence-electron chi connectivity index (χ1n) is 9.55. The second-order valence-corrected chi connectivity index (χ2v) is 10.1. The van der Waals surface area contributed by atoms with E-state index in [2.05, 4.69) is 37.4 Å². The lowest BCUT2D eigenvalue weighted by Crippen LogP contribution is -2.41. The molecular weight excluding hydrogens is 424 g/mol. The molecule has 1 fully saturated rings. The number of nitrogens with one attached hydrogen (secondary N) is 1. The Bertz CT molecular complexity index is 1110. The quantitative estimate of drug-likeness (QED) is 0.406. The predicted molar refractivity (Wildman–Crippen MR) is 118 cm³/mol. The molecule has 2 N–H and O–H groups in total. The van der Waals surface area contributed by atoms with Crippen LogP contribution in [0.15, 0.2) is 41.7 Å². The molecule has 0 unspecified atom stereocenters. The summed E-state index contributed by atoms with van der Waals surface area (Å²) in [6.07, 6.45) is 1.49. The highest BCUT2D eigenvalue weighted by molar-refractivity contribution is 7.98. The summed E-state index contributed by atoms with van der Waals surface area (Å²) >= 11 is 1.56. The highest BCUT2D eigenvalue weighted by Gasteiger charge is 2.26. The summed E-state index contributed by atoms with van der Waals surface area (Å²) in [7, 11) is -3.02. The van der Waals surface area contributed by atoms with Gasteiger partial charge in [-0.1, -0.05) is 42.1 Å². The highest BCUT2D eigenvalue weighted by Crippen LogP contribution is 2.31. The van der Waals surface area contributed by atoms with Crippen molar-refractivity contribution in [2.45, 2.75) is 10.8 Å². The van der Waals surface area contributed by atoms with E-state index in [1.54, 1.807) is 11.8 Å². The summed E-state index contributed by atoms with van der Waals surface area (Å²) in [4.78, 5) is 19.9. The number of sulfone groups is 1. The van der Waals surface area contributed by atoms with E-state index in [1.165, 1.54) is 11.9 Å². The minimum absolute atomic E-state index is 0.0560. The molecule has 0 radical (unpaired) electrons. The van der Waals surface area contributed by atoms with Gasteiger partial charge in [0.25, 0.3) is 0 Å². The van der Waals surface area contributed by atoms with Crippen molar-refractivity contribution in [3.8, 4) is 0 Å². The van der Waals surface area contributed by atoms with Crippen molar-refractivity contribution >= 4 is 44.4 Å². The van der Waals surface area contributed by atoms with Crippen molar-refractivity contribution in [1.29, 1.82) is 0 Å². The Labute approximate surface area is 178 Å². The molecule has 2 aromatic heterocycles. The van der Waals surface area contributed by atoms with Crippen molar-refractivity contribution < 1.29 is 13.5 Å². The monoisotopic (exact) mass is 446 g/mol. The number of aliphatic hydroxyl groups is 1. The van der Waals surface area contributed by atoms with Gasteiger partial charge in [0.2, 0.25) is 5.95 Å². The minimum Gasteiger partial charge on any atom is -0.395 e. The summed E-state index contributed by atoms with van der Waals surface area (Å²) in [5.74, 6) is 1.83. The summed E-state index contributed by atoms with van der Waals surface area (Å²) in [5.41, 5.74) is 2.37. The van der Waals surface area contributed by atoms with Crippen LogP contribution in [0.1, 0.15) is 5.56 Å². The van der Waals surface area contributed by atoms with Crippen LogP contribution in [0.2, 0.25) is 0 Å². The molecule has 0 spiro atoms. The van der Waals surface area contributed by atoms with Gasteiger partial charge < -0.3 is 15.3 Å². The fraction of sp³-hybridized carbons (Fsp3) is 0.368. The lowest BCUT2D eigenvalue weighted by atomic mass is 10.2. The number of aliphatic hydroxyl groups excluding tert-OH is 1. The third kappa shape index (κ3) is 4.79. The third-order valence-corrected chi connectivity index (χ3v) is 7.35. The number of anilines is 2. The topological polar surface area (TPSA) is 121 Å². The van der Waals surface area contributed by atoms with Crippen LogP contribution < -0.4 is 10.2 Å². The van der Waals surface area contributed by atoms with Gasteiger partial charge in [0, 0.05) is 25.4 Å². The highest BCUT2D eigenvalue weighted by atomic mass is 32.2. The van der Waals surface area contributed by atoms with Gasteiger partial charge >= 0.3 is 0 Å². The molecule has 3 aromatic rings. The molecule has 1 aliphatic rings. The molecule has 9 nitrogen and oxygen atoms in total. The first-order chi connectivity index (χ1) is 14.6. The van der Waals surface area contributed by atoms with Gasteiger partial charge in [-0.2, -0.15) is 4.98 Å². The summed E-state index contributed by atoms with van der Waals surface area (Å²) < 4.78 is 23.7. The molecule has 3 heterocycles. The molecule has 0 amide bonds. The Kier molecular flexibility index (Phi) is 6.30. The number of rotatable bonds is 7. The Morgan fingerprint density at radius 1 is 1.07 bits per heavy atom. The lowest BCUT2D eigenvalue weighted by molar-refractivity contribution is 0.311. The Morgan fingerprint density at radius 2 is 1.83 bits per heavy atom. The number of hydrogen-bond acceptors (Lipinski definition) is 10. The fourth-order valence-corrected chi connectivity index (χ4v) is 5.23. The van der Waals surface area contributed by atoms with Crippen LogP contribution in [0.25, 0.3) is 11.0 Å². The van der Waals surface area contributed by atoms with Crippen molar-refractivity contribution in [2.24, 2.45) is 0 Å². The van der Waals surface area contributed by atoms with Gasteiger partial charge in [-0.3, -0.25) is 0 Å². The molecule has 11 heteroatoms. The number of hydrogen-bond donors (Lipinski definition) is 2. The predicted octanol–water partition coefficient (Wildman–Crippen LogP) is 1.35. The van der Waals surface area contributed by atoms with Crippen LogP contribution in [-0.4, -0.2) is 71.2 Å². The van der Waals surface area contributed by atoms with E-state index in [0.717, 1.165) is 10.8 Å². The molecule has 1 saturated heterocycles. The van der Waals surface area contributed by atoms with E-state index in [9.17, 15) is 8.42 Å². The average molecular weight is 447 g/mol. The minimum atomic E-state index is -3.02. The van der Waals surface area contributed by atoms with E-state index in [-0.39, 0.29) is 18.1 Å². The SMILES string of the molecule is O=S1(=O)CCN(c2nc(NCCO)nc3c(SCc4ccccc4)ncnc23)CC1. The number of fused-ring (bicyclic) bond motifs is 1. The van der Waals surface area contributed by atoms with Gasteiger partial charge in [-0.25, -0.2) is 23.4 Å². The van der Waals surface area contributed by atoms with Gasteiger partial charge in [-0.05, 0) is 5.56 Å². The largest absolute Gasteiger partial charge is 0.395 e. The lowest BCUT2D eigenvalue weighted by Gasteiger charge is -2.28. The molecule has 158 valence electrons. The first-order valence-corrected chi connectivity index (χ1v) is 12.4. The molecule has 1 aliphatic heterocycles. The maximum atomic E-state index is 11.8. The molecule has 0 saturated carbocycles. The maximum Gasteiger partial charge on any atom is 0.225 e. The zero-order chi connectivity index (χ0) is 21.0. The van der Waals surface area contributed by atoms with Crippen molar-refractivity contribution in [1.82, 2.24) is 19.9 Å². The van der Waals surface area contributed by atoms with E-state index in [0.29, 0.717) is 42.4 Å². The zero-order valence-corrected chi connectivity index (χ0v) is 17.9. The number of nitrogens with zero attached hydrogens (tertiary/aromatic N) is 5. The number of benzene rings is 1. The maximum absolute atomic E-state index is 11.8. The number of thioether (sulfide) groups is 1. The van der Waals surface area contributed by atoms with Crippen LogP contribution in [-0.2, 0) is 15.6 Å². The normalized spacial score (nSPS) is 16.0. The van der Waals surface area contributed by atoms with Crippen LogP contribution in [0.4, 0.5) is 11.8 Å². The van der Waals surface area contributed by atoms with Gasteiger partial charge in [-0.15, -0.1) is 0 Å². The molecular formula is C19H22N6O3S2. The van der Waals surface area contributed by atoms with E-state index in [4.69, 9.17) is 5.11 Å². The third-order valence-electron chi connectivity index (χ3n) is 4.69. The Hall–Kier alpha value is -2.50. The average Bonchev–Trinajstić information content (AvgIpc) is 2.76. The van der Waals surface area contributed by atoms with Gasteiger partial charge in [0.05, 0.1) is 18.1 Å². The summed E-state index contributed by atoms with van der Waals surface area (Å²) in [5, 5.41) is 12.9. The molecule has 0 aliphatic carbocycles. The second kappa shape index (κ2) is 9.11. The Morgan fingerprint density at radius 3 is 2.57 bits per heavy atom. The van der Waals surface area contributed by atoms with Crippen molar-refractivity contribution in [3.05, 3.63) is 42.2 Å². The van der Waals surface area contributed by atoms with Crippen LogP contribution in [0.5, 0.6) is 0 Å². The molecule has 30 heavy (non-hydrogen) atoms. The van der Waals surface area contributed by atoms with Crippen LogP contribution in [0, 0.1) is 0 Å². The molecule has 1 aromatic carbocycles. The van der Waals surface area contributed by atoms with E-state index in [1.807, 2.05) is 23.1 Å². The van der Waals surface area contributed by atoms with Gasteiger partial charge in [0.1, 0.15) is 22.4 Å². The second-order valence-electron chi connectivity index (χ2n) is 6.81. The summed E-state index contributed by atoms with van der Waals surface area (Å²) in [6, 6.07) is 10.1. The summed E-state index contributed by atoms with van der Waals surface area (Å²) in [6.45, 7) is 0.952. The zero-order valence-electron chi connectivity index (χ0n) is 16.2. The molecule has 4 rings (SSSR count). The van der Waals surface area contributed by atoms with Crippen LogP contribution in [0.3, 0.4) is 0 Å². The Balaban J connectivity index is 1.71. The van der Waals surface area contributed by atoms with E-state index >= 15 is 0 Å². The molecule has 0 bridgehead atoms. The fourth-order valence-electron chi connectivity index (χ4n) is 3.13. The number of aromatic nitrogens is 4. The van der Waals surface area contributed by atoms with E-state index < -0.39 is 9.84 Å². The smallest absolute Gasteiger partial charge is 0.225 e. The van der Waals surface area contributed by atoms with Gasteiger partial charge in [0.15, 0.2) is 15.7 Å². The van der Waals surface area contributed by atoms with Crippen LogP contribution >= 0.6 is 11.8 Å². The van der Waals surface area contributed by atoms with Crippen molar-refractivity contribution in [2.75, 3.05) is 48.0 Å². The van der Waals surface area contributed by atoms with Crippen molar-refractivity contribution in [3.63, 3.8) is 0 Å².